The van der Waals surface area contributed by atoms with Crippen molar-refractivity contribution in [2.45, 2.75) is 18.7 Å². The standard InChI is InChI=1S/C24H19N3O3S/c1-3-26-17-11-7-8-12-18(17)31-19(26)13-16-22(28)21(23(16)29)20-14(2)25-27(24(20)30)15-9-5-4-6-10-15/h4-13H,3H2,1-2H3,(H,28,29)/b19-13-. The minimum absolute atomic E-state index is 0.00686. The Morgan fingerprint density at radius 2 is 1.84 bits per heavy atom. The van der Waals surface area contributed by atoms with Crippen LogP contribution in [0.3, 0.4) is 0 Å². The number of hydrogen-bond acceptors (Lipinski definition) is 5. The van der Waals surface area contributed by atoms with Gasteiger partial charge in [0.05, 0.1) is 10.7 Å². The fourth-order valence-electron chi connectivity index (χ4n) is 3.94. The molecule has 6 nitrogen and oxygen atoms in total. The summed E-state index contributed by atoms with van der Waals surface area (Å²) in [6, 6.07) is 17.1. The van der Waals surface area contributed by atoms with Crippen molar-refractivity contribution in [3.63, 3.8) is 0 Å². The molecule has 1 N–H and O–H groups in total. The van der Waals surface area contributed by atoms with E-state index in [1.165, 1.54) is 4.68 Å². The van der Waals surface area contributed by atoms with Crippen LogP contribution in [0.1, 0.15) is 13.8 Å². The molecular formula is C24H19N3O3S. The minimum Gasteiger partial charge on any atom is -0.871 e. The van der Waals surface area contributed by atoms with Crippen LogP contribution >= 0.6 is 11.8 Å². The summed E-state index contributed by atoms with van der Waals surface area (Å²) in [5.41, 5.74) is 2.49. The number of benzene rings is 2. The Morgan fingerprint density at radius 1 is 1.13 bits per heavy atom. The van der Waals surface area contributed by atoms with Gasteiger partial charge in [-0.1, -0.05) is 47.9 Å². The van der Waals surface area contributed by atoms with Crippen LogP contribution in [0.15, 0.2) is 98.2 Å². The first-order valence-corrected chi connectivity index (χ1v) is 10.8. The zero-order valence-electron chi connectivity index (χ0n) is 17.0. The van der Waals surface area contributed by atoms with E-state index >= 15 is 0 Å². The quantitative estimate of drug-likeness (QED) is 0.595. The van der Waals surface area contributed by atoms with E-state index in [4.69, 9.17) is 0 Å². The van der Waals surface area contributed by atoms with E-state index in [0.29, 0.717) is 11.4 Å². The highest BCUT2D eigenvalue weighted by Gasteiger charge is 2.40. The van der Waals surface area contributed by atoms with Crippen LogP contribution in [-0.4, -0.2) is 33.7 Å². The zero-order valence-corrected chi connectivity index (χ0v) is 17.8. The smallest absolute Gasteiger partial charge is 0.407 e. The van der Waals surface area contributed by atoms with E-state index in [0.717, 1.165) is 22.2 Å². The Bertz CT molecular complexity index is 1290. The lowest BCUT2D eigenvalue weighted by molar-refractivity contribution is -0.450. The second kappa shape index (κ2) is 7.28. The maximum absolute atomic E-state index is 13.0. The number of nitrogens with zero attached hydrogens (tertiary/aromatic N) is 3. The van der Waals surface area contributed by atoms with Gasteiger partial charge in [-0.2, -0.15) is 0 Å². The summed E-state index contributed by atoms with van der Waals surface area (Å²) in [6.07, 6.45) is 1.66. The van der Waals surface area contributed by atoms with Gasteiger partial charge in [-0.05, 0) is 36.7 Å². The fourth-order valence-corrected chi connectivity index (χ4v) is 5.11. The predicted molar refractivity (Wildman–Crippen MR) is 120 cm³/mol. The van der Waals surface area contributed by atoms with Crippen LogP contribution in [0.25, 0.3) is 0 Å². The maximum Gasteiger partial charge on any atom is 0.407 e. The van der Waals surface area contributed by atoms with E-state index in [9.17, 15) is 15.0 Å². The lowest BCUT2D eigenvalue weighted by atomic mass is 9.83. The highest BCUT2D eigenvalue weighted by atomic mass is 32.2. The topological polar surface area (TPSA) is 79.0 Å². The molecule has 2 aromatic carbocycles. The van der Waals surface area contributed by atoms with Crippen molar-refractivity contribution in [3.8, 4) is 0 Å². The summed E-state index contributed by atoms with van der Waals surface area (Å²) >= 11 is 1.54. The molecule has 0 amide bonds. The fraction of sp³-hybridized carbons (Fsp3) is 0.125. The largest absolute Gasteiger partial charge is 0.871 e. The molecule has 0 atom stereocenters. The molecule has 1 aliphatic carbocycles. The molecule has 0 saturated carbocycles. The van der Waals surface area contributed by atoms with Crippen LogP contribution in [0.5, 0.6) is 0 Å². The van der Waals surface area contributed by atoms with Crippen molar-refractivity contribution in [2.24, 2.45) is 5.10 Å². The molecule has 5 rings (SSSR count). The molecular weight excluding hydrogens is 410 g/mol. The second-order valence-corrected chi connectivity index (χ2v) is 8.34. The number of carbonyl (C=O) groups is 1. The van der Waals surface area contributed by atoms with Gasteiger partial charge in [0.15, 0.2) is 5.78 Å². The van der Waals surface area contributed by atoms with Gasteiger partial charge in [0.1, 0.15) is 11.3 Å². The van der Waals surface area contributed by atoms with E-state index in [1.54, 1.807) is 36.9 Å². The number of aliphatic hydroxyl groups is 1. The van der Waals surface area contributed by atoms with Crippen LogP contribution in [0, 0.1) is 0 Å². The summed E-state index contributed by atoms with van der Waals surface area (Å²) in [7, 11) is 0. The number of ketones is 1. The maximum atomic E-state index is 13.0. The number of para-hydroxylation sites is 2. The molecule has 0 saturated heterocycles. The molecule has 2 aromatic rings. The Labute approximate surface area is 183 Å². The Balaban J connectivity index is 1.55. The number of thioether (sulfide) groups is 1. The number of fused-ring (bicyclic) bond motifs is 1. The normalized spacial score (nSPS) is 21.7. The highest BCUT2D eigenvalue weighted by molar-refractivity contribution is 8.03. The van der Waals surface area contributed by atoms with Crippen molar-refractivity contribution in [3.05, 3.63) is 88.2 Å². The number of Topliss-reactive ketones (excluding diaryl/α,β-unsaturated/α-hetero) is 1. The number of hydrazone groups is 1. The number of allylic oxidation sites excluding steroid dienone is 3. The van der Waals surface area contributed by atoms with Gasteiger partial charge < -0.3 is 15.1 Å². The summed E-state index contributed by atoms with van der Waals surface area (Å²) in [6.45, 7) is 4.44. The molecule has 31 heavy (non-hydrogen) atoms. The van der Waals surface area contributed by atoms with Crippen molar-refractivity contribution < 1.29 is 19.7 Å². The van der Waals surface area contributed by atoms with Gasteiger partial charge in [-0.25, -0.2) is 0 Å². The first-order valence-electron chi connectivity index (χ1n) is 9.95. The van der Waals surface area contributed by atoms with Crippen molar-refractivity contribution in [1.82, 2.24) is 0 Å². The highest BCUT2D eigenvalue weighted by Crippen LogP contribution is 2.47. The van der Waals surface area contributed by atoms with Gasteiger partial charge in [0.2, 0.25) is 5.69 Å². The van der Waals surface area contributed by atoms with Crippen molar-refractivity contribution in [1.29, 1.82) is 0 Å². The molecule has 0 unspecified atom stereocenters. The molecule has 2 heterocycles. The average molecular weight is 430 g/mol. The molecule has 154 valence electrons. The SMILES string of the molecule is CCN1/C(=C/C2=C([O-])C(=C3/C(C)=N[N+](c4ccccc4)=C3O)/C2=O)Sc2ccccc21. The molecule has 7 heteroatoms. The van der Waals surface area contributed by atoms with Crippen LogP contribution in [0.4, 0.5) is 11.4 Å². The third-order valence-electron chi connectivity index (χ3n) is 5.45. The Morgan fingerprint density at radius 3 is 2.55 bits per heavy atom. The lowest BCUT2D eigenvalue weighted by Gasteiger charge is -2.30. The number of rotatable bonds is 3. The van der Waals surface area contributed by atoms with E-state index in [2.05, 4.69) is 10.0 Å². The lowest BCUT2D eigenvalue weighted by Crippen LogP contribution is -2.33. The second-order valence-electron chi connectivity index (χ2n) is 7.27. The summed E-state index contributed by atoms with van der Waals surface area (Å²) in [5, 5.41) is 28.9. The van der Waals surface area contributed by atoms with E-state index in [1.807, 2.05) is 49.4 Å². The van der Waals surface area contributed by atoms with E-state index in [-0.39, 0.29) is 34.2 Å². The number of hydrogen-bond donors (Lipinski definition) is 1. The molecule has 0 radical (unpaired) electrons. The minimum atomic E-state index is -0.365. The average Bonchev–Trinajstić information content (AvgIpc) is 3.29. The van der Waals surface area contributed by atoms with Gasteiger partial charge >= 0.3 is 5.90 Å². The van der Waals surface area contributed by atoms with Gasteiger partial charge in [-0.3, -0.25) is 4.79 Å². The van der Waals surface area contributed by atoms with Crippen LogP contribution in [-0.2, 0) is 4.79 Å². The third kappa shape index (κ3) is 2.92. The first kappa shape index (κ1) is 19.4. The zero-order chi connectivity index (χ0) is 21.7. The van der Waals surface area contributed by atoms with Crippen LogP contribution < -0.4 is 10.0 Å². The summed E-state index contributed by atoms with van der Waals surface area (Å²) in [4.78, 5) is 16.1. The van der Waals surface area contributed by atoms with E-state index < -0.39 is 0 Å². The van der Waals surface area contributed by atoms with Gasteiger partial charge in [0.25, 0.3) is 0 Å². The van der Waals surface area contributed by atoms with Crippen LogP contribution in [0.2, 0.25) is 0 Å². The summed E-state index contributed by atoms with van der Waals surface area (Å²) < 4.78 is 1.34. The van der Waals surface area contributed by atoms with Crippen molar-refractivity contribution >= 4 is 40.5 Å². The molecule has 3 aliphatic rings. The summed E-state index contributed by atoms with van der Waals surface area (Å²) in [5.74, 6) is -0.933. The number of aliphatic hydroxyl groups excluding tert-OH is 1. The monoisotopic (exact) mass is 429 g/mol. The predicted octanol–water partition coefficient (Wildman–Crippen LogP) is 3.64. The molecule has 2 aliphatic heterocycles. The van der Waals surface area contributed by atoms with Crippen molar-refractivity contribution in [2.75, 3.05) is 11.4 Å². The first-order chi connectivity index (χ1) is 15.0. The molecule has 0 fully saturated rings. The molecule has 0 spiro atoms. The van der Waals surface area contributed by atoms with Gasteiger partial charge in [-0.15, -0.1) is 0 Å². The van der Waals surface area contributed by atoms with Gasteiger partial charge in [0, 0.05) is 39.8 Å². The third-order valence-corrected chi connectivity index (χ3v) is 6.56. The molecule has 0 bridgehead atoms. The molecule has 0 aromatic heterocycles. The number of carbonyl (C=O) groups excluding carboxylic acids is 1. The Hall–Kier alpha value is -3.58. The number of anilines is 1. The Kier molecular flexibility index (Phi) is 4.55.